The molecule has 0 bridgehead atoms. The predicted molar refractivity (Wildman–Crippen MR) is 66.0 cm³/mol. The van der Waals surface area contributed by atoms with Crippen LogP contribution in [0.15, 0.2) is 16.7 Å². The van der Waals surface area contributed by atoms with Gasteiger partial charge in [0.15, 0.2) is 0 Å². The molecule has 1 aromatic rings. The molecule has 5 heteroatoms. The van der Waals surface area contributed by atoms with Crippen LogP contribution < -0.4 is 11.1 Å². The number of nitrogens with zero attached hydrogens (tertiary/aromatic N) is 1. The van der Waals surface area contributed by atoms with Gasteiger partial charge in [-0.15, -0.1) is 0 Å². The highest BCUT2D eigenvalue weighted by molar-refractivity contribution is 9.10. The molecule has 1 aromatic heterocycles. The maximum Gasteiger partial charge on any atom is 0.231 e. The lowest BCUT2D eigenvalue weighted by Gasteiger charge is -2.13. The number of anilines is 1. The van der Waals surface area contributed by atoms with Gasteiger partial charge >= 0.3 is 0 Å². The molecule has 0 radical (unpaired) electrons. The molecule has 0 atom stereocenters. The maximum atomic E-state index is 11.9. The fourth-order valence-corrected chi connectivity index (χ4v) is 1.99. The summed E-state index contributed by atoms with van der Waals surface area (Å²) in [5.41, 5.74) is 6.84. The lowest BCUT2D eigenvalue weighted by molar-refractivity contribution is -0.120. The van der Waals surface area contributed by atoms with Gasteiger partial charge in [0.2, 0.25) is 5.91 Å². The number of nitrogens with two attached hydrogens (primary N) is 1. The highest BCUT2D eigenvalue weighted by Crippen LogP contribution is 2.45. The summed E-state index contributed by atoms with van der Waals surface area (Å²) in [4.78, 5) is 16.2. The Hall–Kier alpha value is -0.940. The highest BCUT2D eigenvalue weighted by Gasteiger charge is 2.48. The third-order valence-corrected chi connectivity index (χ3v) is 3.47. The van der Waals surface area contributed by atoms with Crippen LogP contribution in [0, 0.1) is 12.3 Å². The molecule has 3 N–H and O–H groups in total. The number of carbonyl (C=O) groups is 1. The van der Waals surface area contributed by atoms with Crippen molar-refractivity contribution in [3.8, 4) is 0 Å². The number of aromatic nitrogens is 1. The molecular weight excluding hydrogens is 270 g/mol. The van der Waals surface area contributed by atoms with E-state index in [1.54, 1.807) is 0 Å². The van der Waals surface area contributed by atoms with Gasteiger partial charge in [-0.1, -0.05) is 0 Å². The molecule has 0 saturated heterocycles. The SMILES string of the molecule is Cc1nc(Br)ccc1NC(=O)C1(CN)CC1. The standard InChI is InChI=1S/C11H14BrN3O/c1-7-8(2-3-9(12)14-7)15-10(16)11(6-13)4-5-11/h2-3H,4-6,13H2,1H3,(H,15,16). The second kappa shape index (κ2) is 4.14. The van der Waals surface area contributed by atoms with Crippen LogP contribution >= 0.6 is 15.9 Å². The van der Waals surface area contributed by atoms with Crippen LogP contribution in [0.5, 0.6) is 0 Å². The first-order chi connectivity index (χ1) is 7.57. The number of nitrogens with one attached hydrogen (secondary N) is 1. The van der Waals surface area contributed by atoms with Crippen molar-refractivity contribution < 1.29 is 4.79 Å². The van der Waals surface area contributed by atoms with Crippen molar-refractivity contribution in [1.29, 1.82) is 0 Å². The zero-order chi connectivity index (χ0) is 11.8. The lowest BCUT2D eigenvalue weighted by atomic mass is 10.1. The van der Waals surface area contributed by atoms with E-state index < -0.39 is 0 Å². The molecule has 1 aliphatic rings. The van der Waals surface area contributed by atoms with E-state index in [1.165, 1.54) is 0 Å². The summed E-state index contributed by atoms with van der Waals surface area (Å²) >= 11 is 3.28. The molecule has 1 amide bonds. The Morgan fingerprint density at radius 3 is 2.81 bits per heavy atom. The van der Waals surface area contributed by atoms with Gasteiger partial charge in [0.05, 0.1) is 16.8 Å². The first-order valence-corrected chi connectivity index (χ1v) is 6.01. The zero-order valence-corrected chi connectivity index (χ0v) is 10.7. The predicted octanol–water partition coefficient (Wildman–Crippen LogP) is 1.83. The van der Waals surface area contributed by atoms with Gasteiger partial charge < -0.3 is 11.1 Å². The summed E-state index contributed by atoms with van der Waals surface area (Å²) in [5.74, 6) is 0.0159. The first-order valence-electron chi connectivity index (χ1n) is 5.22. The molecule has 2 rings (SSSR count). The summed E-state index contributed by atoms with van der Waals surface area (Å²) in [6.07, 6.45) is 1.77. The van der Waals surface area contributed by atoms with Gasteiger partial charge in [-0.2, -0.15) is 0 Å². The van der Waals surface area contributed by atoms with E-state index in [9.17, 15) is 4.79 Å². The van der Waals surface area contributed by atoms with E-state index in [0.717, 1.165) is 28.8 Å². The van der Waals surface area contributed by atoms with Crippen molar-refractivity contribution >= 4 is 27.5 Å². The van der Waals surface area contributed by atoms with Crippen LogP contribution in [0.4, 0.5) is 5.69 Å². The van der Waals surface area contributed by atoms with Crippen LogP contribution in [-0.2, 0) is 4.79 Å². The number of rotatable bonds is 3. The van der Waals surface area contributed by atoms with Gasteiger partial charge in [-0.3, -0.25) is 4.79 Å². The minimum Gasteiger partial charge on any atom is -0.329 e. The molecule has 16 heavy (non-hydrogen) atoms. The second-order valence-corrected chi connectivity index (χ2v) is 5.02. The molecule has 4 nitrogen and oxygen atoms in total. The third kappa shape index (κ3) is 2.10. The Kier molecular flexibility index (Phi) is 2.99. The number of hydrogen-bond acceptors (Lipinski definition) is 3. The van der Waals surface area contributed by atoms with Crippen molar-refractivity contribution in [1.82, 2.24) is 4.98 Å². The number of aryl methyl sites for hydroxylation is 1. The highest BCUT2D eigenvalue weighted by atomic mass is 79.9. The van der Waals surface area contributed by atoms with Gasteiger partial charge in [0, 0.05) is 6.54 Å². The van der Waals surface area contributed by atoms with Crippen LogP contribution in [-0.4, -0.2) is 17.4 Å². The zero-order valence-electron chi connectivity index (χ0n) is 9.09. The molecule has 0 aliphatic heterocycles. The molecule has 1 fully saturated rings. The molecule has 0 aromatic carbocycles. The Balaban J connectivity index is 2.12. The topological polar surface area (TPSA) is 68.0 Å². The molecule has 1 saturated carbocycles. The maximum absolute atomic E-state index is 11.9. The Morgan fingerprint density at radius 2 is 2.31 bits per heavy atom. The lowest BCUT2D eigenvalue weighted by Crippen LogP contribution is -2.31. The van der Waals surface area contributed by atoms with Crippen LogP contribution in [0.3, 0.4) is 0 Å². The van der Waals surface area contributed by atoms with E-state index in [2.05, 4.69) is 26.2 Å². The van der Waals surface area contributed by atoms with E-state index in [0.29, 0.717) is 6.54 Å². The largest absolute Gasteiger partial charge is 0.329 e. The van der Waals surface area contributed by atoms with E-state index in [4.69, 9.17) is 5.73 Å². The molecule has 1 heterocycles. The fraction of sp³-hybridized carbons (Fsp3) is 0.455. The number of halogens is 1. The fourth-order valence-electron chi connectivity index (χ4n) is 1.59. The molecule has 86 valence electrons. The van der Waals surface area contributed by atoms with E-state index >= 15 is 0 Å². The number of hydrogen-bond donors (Lipinski definition) is 2. The van der Waals surface area contributed by atoms with Crippen molar-refractivity contribution in [3.05, 3.63) is 22.4 Å². The Morgan fingerprint density at radius 1 is 1.62 bits per heavy atom. The van der Waals surface area contributed by atoms with Gasteiger partial charge in [-0.25, -0.2) is 4.98 Å². The molecule has 0 spiro atoms. The van der Waals surface area contributed by atoms with Crippen LogP contribution in [0.2, 0.25) is 0 Å². The Bertz CT molecular complexity index is 429. The average molecular weight is 284 g/mol. The minimum atomic E-state index is -0.320. The monoisotopic (exact) mass is 283 g/mol. The normalized spacial score (nSPS) is 16.9. The summed E-state index contributed by atoms with van der Waals surface area (Å²) < 4.78 is 0.767. The molecular formula is C11H14BrN3O. The van der Waals surface area contributed by atoms with Gasteiger partial charge in [0.1, 0.15) is 4.60 Å². The average Bonchev–Trinajstić information content (AvgIpc) is 3.03. The summed E-state index contributed by atoms with van der Waals surface area (Å²) in [5, 5.41) is 2.89. The van der Waals surface area contributed by atoms with E-state index in [1.807, 2.05) is 19.1 Å². The number of carbonyl (C=O) groups excluding carboxylic acids is 1. The van der Waals surface area contributed by atoms with Gasteiger partial charge in [0.25, 0.3) is 0 Å². The summed E-state index contributed by atoms with van der Waals surface area (Å²) in [6, 6.07) is 3.65. The minimum absolute atomic E-state index is 0.0159. The number of pyridine rings is 1. The molecule has 1 aliphatic carbocycles. The molecule has 0 unspecified atom stereocenters. The van der Waals surface area contributed by atoms with Crippen molar-refractivity contribution in [3.63, 3.8) is 0 Å². The second-order valence-electron chi connectivity index (χ2n) is 4.21. The van der Waals surface area contributed by atoms with E-state index in [-0.39, 0.29) is 11.3 Å². The summed E-state index contributed by atoms with van der Waals surface area (Å²) in [7, 11) is 0. The Labute approximate surface area is 103 Å². The van der Waals surface area contributed by atoms with Crippen LogP contribution in [0.1, 0.15) is 18.5 Å². The van der Waals surface area contributed by atoms with Crippen molar-refractivity contribution in [2.75, 3.05) is 11.9 Å². The van der Waals surface area contributed by atoms with Gasteiger partial charge in [-0.05, 0) is 47.8 Å². The number of amides is 1. The smallest absolute Gasteiger partial charge is 0.231 e. The van der Waals surface area contributed by atoms with Crippen molar-refractivity contribution in [2.24, 2.45) is 11.1 Å². The van der Waals surface area contributed by atoms with Crippen LogP contribution in [0.25, 0.3) is 0 Å². The van der Waals surface area contributed by atoms with Crippen molar-refractivity contribution in [2.45, 2.75) is 19.8 Å². The third-order valence-electron chi connectivity index (χ3n) is 3.03. The summed E-state index contributed by atoms with van der Waals surface area (Å²) in [6.45, 7) is 2.28. The first kappa shape index (κ1) is 11.5. The quantitative estimate of drug-likeness (QED) is 0.832.